The molecule has 1 aliphatic heterocycles. The molecule has 3 aromatic carbocycles. The van der Waals surface area contributed by atoms with Gasteiger partial charge in [-0.25, -0.2) is 28.9 Å². The highest BCUT2D eigenvalue weighted by atomic mass is 28.3. The van der Waals surface area contributed by atoms with Crippen LogP contribution in [0.25, 0.3) is 11.2 Å². The van der Waals surface area contributed by atoms with Gasteiger partial charge in [-0.1, -0.05) is 86.4 Å². The third-order valence-corrected chi connectivity index (χ3v) is 8.43. The van der Waals surface area contributed by atoms with Gasteiger partial charge in [0, 0.05) is 6.54 Å². The molecule has 1 aliphatic rings. The minimum absolute atomic E-state index is 0.134. The summed E-state index contributed by atoms with van der Waals surface area (Å²) in [6.07, 6.45) is -1.40. The van der Waals surface area contributed by atoms with E-state index >= 15 is 4.39 Å². The molecule has 3 atom stereocenters. The van der Waals surface area contributed by atoms with E-state index in [0.717, 1.165) is 5.56 Å². The number of carbonyl (C=O) groups excluding carboxylic acids is 2. The van der Waals surface area contributed by atoms with Crippen LogP contribution in [0.4, 0.5) is 10.2 Å². The molecule has 5 aromatic rings. The van der Waals surface area contributed by atoms with Crippen molar-refractivity contribution < 1.29 is 28.2 Å². The van der Waals surface area contributed by atoms with Crippen molar-refractivity contribution in [2.24, 2.45) is 0 Å². The molecule has 0 saturated carbocycles. The lowest BCUT2D eigenvalue weighted by Crippen LogP contribution is -2.46. The first-order chi connectivity index (χ1) is 23.1. The van der Waals surface area contributed by atoms with Crippen LogP contribution >= 0.6 is 0 Å². The summed E-state index contributed by atoms with van der Waals surface area (Å²) in [6, 6.07) is 26.4. The average Bonchev–Trinajstić information content (AvgIpc) is 3.67. The third kappa shape index (κ3) is 7.27. The molecule has 0 aliphatic carbocycles. The van der Waals surface area contributed by atoms with Crippen LogP contribution in [0.5, 0.6) is 0 Å². The van der Waals surface area contributed by atoms with Crippen LogP contribution in [-0.2, 0) is 26.5 Å². The van der Waals surface area contributed by atoms with Gasteiger partial charge in [-0.05, 0) is 35.7 Å². The van der Waals surface area contributed by atoms with E-state index in [9.17, 15) is 9.59 Å². The Labute approximate surface area is 278 Å². The van der Waals surface area contributed by atoms with Crippen molar-refractivity contribution in [1.82, 2.24) is 19.5 Å². The van der Waals surface area contributed by atoms with Crippen LogP contribution in [0.2, 0.25) is 19.6 Å². The van der Waals surface area contributed by atoms with Gasteiger partial charge in [0.25, 0.3) is 5.79 Å². The monoisotopic (exact) mass is 663 g/mol. The number of nitrogens with zero attached hydrogens (tertiary/aromatic N) is 4. The van der Waals surface area contributed by atoms with E-state index in [1.807, 2.05) is 30.3 Å². The Morgan fingerprint density at radius 1 is 0.958 bits per heavy atom. The number of nitrogens with one attached hydrogen (secondary N) is 1. The molecule has 0 spiro atoms. The van der Waals surface area contributed by atoms with E-state index in [-0.39, 0.29) is 23.6 Å². The average molecular weight is 664 g/mol. The van der Waals surface area contributed by atoms with Crippen molar-refractivity contribution in [1.29, 1.82) is 0 Å². The molecule has 0 bridgehead atoms. The van der Waals surface area contributed by atoms with Crippen LogP contribution in [0.15, 0.2) is 97.3 Å². The molecule has 0 unspecified atom stereocenters. The van der Waals surface area contributed by atoms with E-state index in [1.165, 1.54) is 10.9 Å². The minimum Gasteiger partial charge on any atom is -0.459 e. The maximum Gasteiger partial charge on any atom is 0.338 e. The van der Waals surface area contributed by atoms with E-state index in [0.29, 0.717) is 23.4 Å². The standard InChI is InChI=1S/C36H34FN5O5Si/c1-48(2,3)20-19-29-40-32(38-21-25-13-7-4-8-14-25)30-33(41-29)42(24-39-30)36(37)23-46-28(22-45-34(43)26-15-9-5-10-16-26)31(36)47-35(44)27-17-11-6-12-18-27/h4-18,24,28,31H,21-23H2,1-3H3,(H,38,40,41)/t28-,31-,36-/m1/s1. The number of hydrogen-bond acceptors (Lipinski definition) is 9. The van der Waals surface area contributed by atoms with Crippen LogP contribution < -0.4 is 5.32 Å². The number of halogens is 1. The Balaban J connectivity index is 1.38. The SMILES string of the molecule is C[Si](C)(C)C#Cc1nc(NCc2ccccc2)c2ncn([C@]3(F)CO[C@H](COC(=O)c4ccccc4)[C@H]3OC(=O)c3ccccc3)c2n1. The first-order valence-electron chi connectivity index (χ1n) is 15.5. The number of ether oxygens (including phenoxy) is 3. The third-order valence-electron chi connectivity index (χ3n) is 7.55. The molecule has 48 heavy (non-hydrogen) atoms. The number of carbonyl (C=O) groups is 2. The zero-order chi connectivity index (χ0) is 33.7. The summed E-state index contributed by atoms with van der Waals surface area (Å²) in [5.74, 6) is -0.243. The van der Waals surface area contributed by atoms with Gasteiger partial charge in [-0.15, -0.1) is 5.54 Å². The van der Waals surface area contributed by atoms with Gasteiger partial charge in [-0.2, -0.15) is 0 Å². The molecule has 0 amide bonds. The highest BCUT2D eigenvalue weighted by Crippen LogP contribution is 2.39. The molecule has 10 nitrogen and oxygen atoms in total. The maximum absolute atomic E-state index is 17.6. The van der Waals surface area contributed by atoms with Gasteiger partial charge in [0.15, 0.2) is 23.1 Å². The predicted molar refractivity (Wildman–Crippen MR) is 181 cm³/mol. The molecule has 1 saturated heterocycles. The van der Waals surface area contributed by atoms with Gasteiger partial charge >= 0.3 is 11.9 Å². The number of hydrogen-bond donors (Lipinski definition) is 1. The summed E-state index contributed by atoms with van der Waals surface area (Å²) in [7, 11) is -1.82. The highest BCUT2D eigenvalue weighted by Gasteiger charge is 2.56. The lowest BCUT2D eigenvalue weighted by molar-refractivity contribution is -0.0667. The van der Waals surface area contributed by atoms with Crippen LogP contribution in [0.1, 0.15) is 32.1 Å². The Morgan fingerprint density at radius 2 is 1.58 bits per heavy atom. The molecule has 12 heteroatoms. The van der Waals surface area contributed by atoms with Crippen LogP contribution in [0.3, 0.4) is 0 Å². The number of rotatable bonds is 9. The molecule has 3 heterocycles. The Morgan fingerprint density at radius 3 is 2.23 bits per heavy atom. The van der Waals surface area contributed by atoms with E-state index in [1.54, 1.807) is 60.7 Å². The second-order valence-electron chi connectivity index (χ2n) is 12.3. The highest BCUT2D eigenvalue weighted by molar-refractivity contribution is 6.83. The van der Waals surface area contributed by atoms with E-state index < -0.39 is 44.6 Å². The van der Waals surface area contributed by atoms with Crippen molar-refractivity contribution in [3.05, 3.63) is 120 Å². The molecular formula is C36H34FN5O5Si. The first kappa shape index (κ1) is 32.6. The zero-order valence-electron chi connectivity index (χ0n) is 26.7. The summed E-state index contributed by atoms with van der Waals surface area (Å²) in [5.41, 5.74) is 5.25. The predicted octanol–water partition coefficient (Wildman–Crippen LogP) is 5.77. The van der Waals surface area contributed by atoms with Gasteiger partial charge in [-0.3, -0.25) is 4.57 Å². The molecule has 1 N–H and O–H groups in total. The molecule has 2 aromatic heterocycles. The van der Waals surface area contributed by atoms with Crippen LogP contribution in [0, 0.1) is 11.5 Å². The van der Waals surface area contributed by atoms with E-state index in [4.69, 9.17) is 14.2 Å². The smallest absolute Gasteiger partial charge is 0.338 e. The Hall–Kier alpha value is -5.38. The second-order valence-corrected chi connectivity index (χ2v) is 17.1. The largest absolute Gasteiger partial charge is 0.459 e. The number of fused-ring (bicyclic) bond motifs is 1. The maximum atomic E-state index is 17.6. The number of aromatic nitrogens is 4. The molecule has 244 valence electrons. The fourth-order valence-electron chi connectivity index (χ4n) is 5.14. The fraction of sp³-hybridized carbons (Fsp3) is 0.250. The summed E-state index contributed by atoms with van der Waals surface area (Å²) in [6.45, 7) is 5.81. The van der Waals surface area contributed by atoms with Crippen molar-refractivity contribution in [3.8, 4) is 11.5 Å². The fourth-order valence-corrected chi connectivity index (χ4v) is 5.62. The van der Waals surface area contributed by atoms with Crippen molar-refractivity contribution in [3.63, 3.8) is 0 Å². The molecule has 6 rings (SSSR count). The Kier molecular flexibility index (Phi) is 9.34. The normalized spacial score (nSPS) is 18.9. The second kappa shape index (κ2) is 13.8. The first-order valence-corrected chi connectivity index (χ1v) is 19.0. The lowest BCUT2D eigenvalue weighted by Gasteiger charge is -2.29. The minimum atomic E-state index is -2.49. The summed E-state index contributed by atoms with van der Waals surface area (Å²) >= 11 is 0. The Bertz CT molecular complexity index is 1980. The van der Waals surface area contributed by atoms with E-state index in [2.05, 4.69) is 51.4 Å². The molecule has 0 radical (unpaired) electrons. The summed E-state index contributed by atoms with van der Waals surface area (Å²) in [4.78, 5) is 39.8. The molecule has 1 fully saturated rings. The lowest BCUT2D eigenvalue weighted by atomic mass is 10.1. The number of esters is 2. The number of alkyl halides is 1. The van der Waals surface area contributed by atoms with Gasteiger partial charge in [0.2, 0.25) is 5.82 Å². The van der Waals surface area contributed by atoms with Crippen molar-refractivity contribution in [2.75, 3.05) is 18.5 Å². The van der Waals surface area contributed by atoms with Gasteiger partial charge in [0.1, 0.15) is 33.7 Å². The van der Waals surface area contributed by atoms with Crippen LogP contribution in [-0.4, -0.2) is 65.0 Å². The number of anilines is 1. The quantitative estimate of drug-likeness (QED) is 0.119. The van der Waals surface area contributed by atoms with Crippen molar-refractivity contribution in [2.45, 2.75) is 44.2 Å². The summed E-state index contributed by atoms with van der Waals surface area (Å²) < 4.78 is 36.0. The van der Waals surface area contributed by atoms with Crippen molar-refractivity contribution >= 4 is 37.0 Å². The number of benzene rings is 3. The topological polar surface area (TPSA) is 117 Å². The van der Waals surface area contributed by atoms with Gasteiger partial charge < -0.3 is 19.5 Å². The van der Waals surface area contributed by atoms with Gasteiger partial charge in [0.05, 0.1) is 11.1 Å². The summed E-state index contributed by atoms with van der Waals surface area (Å²) in [5, 5.41) is 3.30. The number of imidazole rings is 1. The zero-order valence-corrected chi connectivity index (χ0v) is 27.7. The molecular weight excluding hydrogens is 630 g/mol.